The van der Waals surface area contributed by atoms with Crippen molar-refractivity contribution >= 4 is 7.82 Å². The number of aromatic amines is 1. The van der Waals surface area contributed by atoms with Gasteiger partial charge in [0.05, 0.1) is 19.8 Å². The summed E-state index contributed by atoms with van der Waals surface area (Å²) >= 11 is 0. The Hall–Kier alpha value is -2.52. The van der Waals surface area contributed by atoms with Crippen LogP contribution in [0.1, 0.15) is 18.2 Å². The molecule has 1 unspecified atom stereocenters. The predicted octanol–water partition coefficient (Wildman–Crippen LogP) is -2.66. The number of H-pyrrole nitrogens is 1. The molecule has 3 rings (SSSR count). The Balaban J connectivity index is 1.77. The SMILES string of the molecule is C[n+]1ccn(CC#Cc2cn([C@H]3C[C@H](O)[C@@H](COP(=O)([O-])O)O3)c(=O)[nH]c2=O)c1. The number of nitrogens with one attached hydrogen (secondary N) is 1. The normalized spacial score (nSPS) is 23.4. The van der Waals surface area contributed by atoms with Crippen LogP contribution in [-0.4, -0.2) is 42.9 Å². The lowest BCUT2D eigenvalue weighted by molar-refractivity contribution is -0.671. The molecule has 2 aromatic rings. The van der Waals surface area contributed by atoms with Gasteiger partial charge in [-0.25, -0.2) is 13.9 Å². The van der Waals surface area contributed by atoms with Gasteiger partial charge in [-0.3, -0.25) is 18.9 Å². The van der Waals surface area contributed by atoms with Gasteiger partial charge in [-0.1, -0.05) is 11.8 Å². The molecular formula is C16H19N4O8P. The van der Waals surface area contributed by atoms with E-state index in [1.807, 2.05) is 30.3 Å². The molecule has 1 aliphatic heterocycles. The van der Waals surface area contributed by atoms with Gasteiger partial charge in [0.25, 0.3) is 13.4 Å². The Morgan fingerprint density at radius 3 is 2.93 bits per heavy atom. The molecule has 1 aliphatic rings. The third-order valence-corrected chi connectivity index (χ3v) is 4.67. The van der Waals surface area contributed by atoms with Gasteiger partial charge in [0, 0.05) is 12.6 Å². The van der Waals surface area contributed by atoms with E-state index in [1.54, 1.807) is 4.57 Å². The maximum atomic E-state index is 12.1. The van der Waals surface area contributed by atoms with E-state index < -0.39 is 44.1 Å². The van der Waals surface area contributed by atoms with E-state index in [9.17, 15) is 24.2 Å². The lowest BCUT2D eigenvalue weighted by Gasteiger charge is -2.20. The number of phosphoric ester groups is 1. The van der Waals surface area contributed by atoms with E-state index in [0.717, 1.165) is 4.57 Å². The predicted molar refractivity (Wildman–Crippen MR) is 94.1 cm³/mol. The average molecular weight is 426 g/mol. The zero-order valence-corrected chi connectivity index (χ0v) is 16.2. The maximum Gasteiger partial charge on any atom is 0.330 e. The minimum absolute atomic E-state index is 0.0262. The Labute approximate surface area is 164 Å². The van der Waals surface area contributed by atoms with E-state index in [0.29, 0.717) is 6.54 Å². The van der Waals surface area contributed by atoms with Gasteiger partial charge in [-0.05, 0) is 0 Å². The summed E-state index contributed by atoms with van der Waals surface area (Å²) in [5.41, 5.74) is -1.41. The second-order valence-corrected chi connectivity index (χ2v) is 7.65. The number of aliphatic hydroxyl groups is 1. The molecule has 0 aromatic carbocycles. The largest absolute Gasteiger partial charge is 0.756 e. The molecule has 0 amide bonds. The van der Waals surface area contributed by atoms with Crippen LogP contribution in [0.2, 0.25) is 0 Å². The molecule has 4 atom stereocenters. The molecule has 0 radical (unpaired) electrons. The van der Waals surface area contributed by atoms with Crippen molar-refractivity contribution in [2.45, 2.75) is 31.4 Å². The number of ether oxygens (including phenoxy) is 1. The second kappa shape index (κ2) is 8.46. The molecule has 2 aromatic heterocycles. The molecule has 156 valence electrons. The third kappa shape index (κ3) is 5.51. The highest BCUT2D eigenvalue weighted by Gasteiger charge is 2.36. The third-order valence-electron chi connectivity index (χ3n) is 4.19. The van der Waals surface area contributed by atoms with Crippen molar-refractivity contribution in [3.63, 3.8) is 0 Å². The Kier molecular flexibility index (Phi) is 6.18. The number of nitrogens with zero attached hydrogens (tertiary/aromatic N) is 3. The van der Waals surface area contributed by atoms with Crippen LogP contribution in [0.5, 0.6) is 0 Å². The van der Waals surface area contributed by atoms with Gasteiger partial charge >= 0.3 is 5.69 Å². The fourth-order valence-corrected chi connectivity index (χ4v) is 3.15. The summed E-state index contributed by atoms with van der Waals surface area (Å²) < 4.78 is 25.1. The Morgan fingerprint density at radius 2 is 2.28 bits per heavy atom. The van der Waals surface area contributed by atoms with Gasteiger partial charge in [0.15, 0.2) is 6.54 Å². The van der Waals surface area contributed by atoms with Crippen molar-refractivity contribution in [1.82, 2.24) is 14.1 Å². The molecule has 0 spiro atoms. The highest BCUT2D eigenvalue weighted by Crippen LogP contribution is 2.34. The summed E-state index contributed by atoms with van der Waals surface area (Å²) in [6, 6.07) is 0. The van der Waals surface area contributed by atoms with Crippen LogP contribution in [-0.2, 0) is 27.4 Å². The summed E-state index contributed by atoms with van der Waals surface area (Å²) in [6.45, 7) is -0.290. The topological polar surface area (TPSA) is 163 Å². The Bertz CT molecular complexity index is 1100. The molecule has 0 saturated carbocycles. The van der Waals surface area contributed by atoms with Crippen molar-refractivity contribution in [3.8, 4) is 11.8 Å². The number of hydrogen-bond donors (Lipinski definition) is 3. The van der Waals surface area contributed by atoms with E-state index in [1.165, 1.54) is 6.20 Å². The Morgan fingerprint density at radius 1 is 1.52 bits per heavy atom. The first-order valence-electron chi connectivity index (χ1n) is 8.49. The monoisotopic (exact) mass is 426 g/mol. The lowest BCUT2D eigenvalue weighted by Crippen LogP contribution is -2.33. The first-order valence-corrected chi connectivity index (χ1v) is 9.99. The van der Waals surface area contributed by atoms with Crippen LogP contribution in [0.15, 0.2) is 34.5 Å². The first kappa shape index (κ1) is 21.2. The second-order valence-electron chi connectivity index (χ2n) is 6.46. The van der Waals surface area contributed by atoms with Gasteiger partial charge in [-0.15, -0.1) is 0 Å². The standard InChI is InChI=1S/C16H19N4O8P/c1-18-5-6-19(10-18)4-2-3-11-8-20(16(23)17-15(11)22)14-7-12(21)13(28-14)9-27-29(24,25)26/h5-6,8,10,12-14,21H,4,7,9H2,1H3,(H2-,17,22,23,24,25,26)/t12-,13+,14+/m0/s1. The number of imidazole rings is 1. The molecular weight excluding hydrogens is 407 g/mol. The van der Waals surface area contributed by atoms with Crippen molar-refractivity contribution in [2.75, 3.05) is 6.61 Å². The highest BCUT2D eigenvalue weighted by molar-refractivity contribution is 7.44. The minimum atomic E-state index is -4.98. The van der Waals surface area contributed by atoms with Gasteiger partial charge in [0.1, 0.15) is 30.3 Å². The van der Waals surface area contributed by atoms with E-state index in [2.05, 4.69) is 21.3 Å². The first-order chi connectivity index (χ1) is 13.6. The zero-order valence-electron chi connectivity index (χ0n) is 15.3. The maximum absolute atomic E-state index is 12.1. The smallest absolute Gasteiger partial charge is 0.330 e. The van der Waals surface area contributed by atoms with Gasteiger partial charge in [-0.2, -0.15) is 0 Å². The van der Waals surface area contributed by atoms with Crippen LogP contribution >= 0.6 is 7.82 Å². The fraction of sp³-hybridized carbons (Fsp3) is 0.438. The molecule has 12 nitrogen and oxygen atoms in total. The number of rotatable bonds is 5. The van der Waals surface area contributed by atoms with Crippen LogP contribution < -0.4 is 20.7 Å². The molecule has 13 heteroatoms. The lowest BCUT2D eigenvalue weighted by atomic mass is 10.2. The van der Waals surface area contributed by atoms with Crippen molar-refractivity contribution in [2.24, 2.45) is 7.05 Å². The molecule has 3 N–H and O–H groups in total. The van der Waals surface area contributed by atoms with Crippen molar-refractivity contribution < 1.29 is 33.3 Å². The van der Waals surface area contributed by atoms with Crippen LogP contribution in [0.25, 0.3) is 0 Å². The molecule has 29 heavy (non-hydrogen) atoms. The van der Waals surface area contributed by atoms with Gasteiger partial charge in [0.2, 0.25) is 6.33 Å². The molecule has 0 bridgehead atoms. The summed E-state index contributed by atoms with van der Waals surface area (Å²) in [6.07, 6.45) is 3.41. The van der Waals surface area contributed by atoms with Gasteiger partial charge < -0.3 is 24.2 Å². The quantitative estimate of drug-likeness (QED) is 0.265. The average Bonchev–Trinajstić information content (AvgIpc) is 3.20. The summed E-state index contributed by atoms with van der Waals surface area (Å²) in [7, 11) is -3.12. The minimum Gasteiger partial charge on any atom is -0.756 e. The number of hydrogen-bond acceptors (Lipinski definition) is 7. The van der Waals surface area contributed by atoms with E-state index in [-0.39, 0.29) is 12.0 Å². The molecule has 1 fully saturated rings. The van der Waals surface area contributed by atoms with Crippen LogP contribution in [0.3, 0.4) is 0 Å². The summed E-state index contributed by atoms with van der Waals surface area (Å²) in [5.74, 6) is 5.52. The van der Waals surface area contributed by atoms with E-state index >= 15 is 0 Å². The van der Waals surface area contributed by atoms with E-state index in [4.69, 9.17) is 9.63 Å². The number of aryl methyl sites for hydroxylation is 1. The summed E-state index contributed by atoms with van der Waals surface area (Å²) in [4.78, 5) is 45.6. The number of aromatic nitrogens is 4. The number of phosphoric acid groups is 1. The fourth-order valence-electron chi connectivity index (χ4n) is 2.81. The summed E-state index contributed by atoms with van der Waals surface area (Å²) in [5, 5.41) is 10.0. The zero-order chi connectivity index (χ0) is 21.2. The molecule has 3 heterocycles. The number of aliphatic hydroxyl groups excluding tert-OH is 1. The highest BCUT2D eigenvalue weighted by atomic mass is 31.2. The molecule has 0 aliphatic carbocycles. The molecule has 1 saturated heterocycles. The van der Waals surface area contributed by atoms with Crippen LogP contribution in [0, 0.1) is 11.8 Å². The van der Waals surface area contributed by atoms with Crippen molar-refractivity contribution in [1.29, 1.82) is 0 Å². The van der Waals surface area contributed by atoms with Crippen LogP contribution in [0.4, 0.5) is 0 Å². The van der Waals surface area contributed by atoms with Crippen molar-refractivity contribution in [3.05, 3.63) is 51.3 Å².